The number of aryl methyl sites for hydroxylation is 1. The predicted molar refractivity (Wildman–Crippen MR) is 125 cm³/mol. The van der Waals surface area contributed by atoms with Crippen molar-refractivity contribution in [2.24, 2.45) is 0 Å². The third-order valence-electron chi connectivity index (χ3n) is 5.35. The highest BCUT2D eigenvalue weighted by molar-refractivity contribution is 7.90. The summed E-state index contributed by atoms with van der Waals surface area (Å²) in [6.07, 6.45) is -3.99. The number of ketones is 1. The van der Waals surface area contributed by atoms with E-state index < -0.39 is 66.0 Å². The Labute approximate surface area is 211 Å². The van der Waals surface area contributed by atoms with Gasteiger partial charge < -0.3 is 5.11 Å². The first kappa shape index (κ1) is 25.7. The van der Waals surface area contributed by atoms with Crippen molar-refractivity contribution >= 4 is 55.9 Å². The van der Waals surface area contributed by atoms with Gasteiger partial charge >= 0.3 is 12.1 Å². The minimum atomic E-state index is -4.80. The van der Waals surface area contributed by atoms with Crippen LogP contribution in [0.5, 0.6) is 0 Å². The van der Waals surface area contributed by atoms with Crippen LogP contribution in [0.15, 0.2) is 59.6 Å². The van der Waals surface area contributed by atoms with E-state index in [0.717, 1.165) is 18.3 Å². The molecule has 186 valence electrons. The van der Waals surface area contributed by atoms with E-state index in [9.17, 15) is 36.3 Å². The molecule has 0 aliphatic carbocycles. The molecular formula is C23H13Cl2F3N2O5S. The van der Waals surface area contributed by atoms with Gasteiger partial charge in [0, 0.05) is 11.6 Å². The maximum absolute atomic E-state index is 13.6. The lowest BCUT2D eigenvalue weighted by Crippen LogP contribution is -2.20. The molecule has 1 N–H and O–H groups in total. The Hall–Kier alpha value is -3.41. The second-order valence-electron chi connectivity index (χ2n) is 7.62. The van der Waals surface area contributed by atoms with Gasteiger partial charge in [-0.1, -0.05) is 41.4 Å². The Morgan fingerprint density at radius 3 is 2.28 bits per heavy atom. The molecule has 0 fully saturated rings. The maximum atomic E-state index is 13.6. The summed E-state index contributed by atoms with van der Waals surface area (Å²) in [6, 6.07) is 9.30. The van der Waals surface area contributed by atoms with Crippen molar-refractivity contribution in [2.45, 2.75) is 18.0 Å². The zero-order valence-electron chi connectivity index (χ0n) is 18.0. The minimum absolute atomic E-state index is 0.0421. The highest BCUT2D eigenvalue weighted by atomic mass is 35.5. The van der Waals surface area contributed by atoms with Gasteiger partial charge in [0.1, 0.15) is 10.8 Å². The molecule has 7 nitrogen and oxygen atoms in total. The van der Waals surface area contributed by atoms with Crippen LogP contribution in [-0.2, 0) is 16.2 Å². The molecule has 2 aromatic carbocycles. The van der Waals surface area contributed by atoms with Crippen molar-refractivity contribution in [3.8, 4) is 0 Å². The summed E-state index contributed by atoms with van der Waals surface area (Å²) in [5.41, 5.74) is -3.29. The van der Waals surface area contributed by atoms with Crippen molar-refractivity contribution < 1.29 is 36.3 Å². The number of halogens is 5. The van der Waals surface area contributed by atoms with Gasteiger partial charge in [-0.2, -0.15) is 13.2 Å². The molecule has 0 bridgehead atoms. The lowest BCUT2D eigenvalue weighted by Gasteiger charge is -2.14. The number of nitrogens with zero attached hydrogens (tertiary/aromatic N) is 2. The first-order chi connectivity index (χ1) is 16.7. The first-order valence-electron chi connectivity index (χ1n) is 9.91. The summed E-state index contributed by atoms with van der Waals surface area (Å²) in [4.78, 5) is 28.4. The number of hydrogen-bond donors (Lipinski definition) is 1. The number of alkyl halides is 3. The van der Waals surface area contributed by atoms with Crippen molar-refractivity contribution in [3.05, 3.63) is 92.9 Å². The van der Waals surface area contributed by atoms with Gasteiger partial charge in [0.05, 0.1) is 32.1 Å². The SMILES string of the molecule is Cc1cc(C(F)(F)F)cc2c1cc(C(=O)c1c(Cl)ncc(C(=O)O)c1Cl)n2S(=O)(=O)c1ccccc1. The van der Waals surface area contributed by atoms with Crippen LogP contribution in [0.2, 0.25) is 10.2 Å². The molecule has 0 atom stereocenters. The Morgan fingerprint density at radius 2 is 1.69 bits per heavy atom. The van der Waals surface area contributed by atoms with Gasteiger partial charge in [-0.3, -0.25) is 4.79 Å². The number of aromatic nitrogens is 2. The van der Waals surface area contributed by atoms with Crippen LogP contribution in [0.3, 0.4) is 0 Å². The largest absolute Gasteiger partial charge is 0.478 e. The normalized spacial score (nSPS) is 12.2. The third-order valence-corrected chi connectivity index (χ3v) is 7.77. The van der Waals surface area contributed by atoms with E-state index >= 15 is 0 Å². The Morgan fingerprint density at radius 1 is 1.06 bits per heavy atom. The molecule has 0 saturated heterocycles. The molecule has 0 radical (unpaired) electrons. The van der Waals surface area contributed by atoms with Gasteiger partial charge in [0.2, 0.25) is 5.78 Å². The van der Waals surface area contributed by atoms with Gasteiger partial charge in [0.15, 0.2) is 0 Å². The molecule has 2 aromatic heterocycles. The summed E-state index contributed by atoms with van der Waals surface area (Å²) in [5.74, 6) is -2.68. The van der Waals surface area contributed by atoms with E-state index in [-0.39, 0.29) is 15.8 Å². The van der Waals surface area contributed by atoms with E-state index in [2.05, 4.69) is 4.98 Å². The fourth-order valence-corrected chi connectivity index (χ4v) is 5.78. The van der Waals surface area contributed by atoms with E-state index in [0.29, 0.717) is 10.0 Å². The number of rotatable bonds is 5. The summed E-state index contributed by atoms with van der Waals surface area (Å²) in [6.45, 7) is 1.33. The van der Waals surface area contributed by atoms with Crippen LogP contribution < -0.4 is 0 Å². The topological polar surface area (TPSA) is 106 Å². The minimum Gasteiger partial charge on any atom is -0.478 e. The Kier molecular flexibility index (Phi) is 6.36. The van der Waals surface area contributed by atoms with Crippen LogP contribution in [0.25, 0.3) is 10.9 Å². The fraction of sp³-hybridized carbons (Fsp3) is 0.0870. The fourth-order valence-electron chi connectivity index (χ4n) is 3.68. The van der Waals surface area contributed by atoms with E-state index in [1.54, 1.807) is 0 Å². The average molecular weight is 557 g/mol. The first-order valence-corrected chi connectivity index (χ1v) is 12.1. The van der Waals surface area contributed by atoms with Gasteiger partial charge in [-0.15, -0.1) is 0 Å². The number of carbonyl (C=O) groups excluding carboxylic acids is 1. The van der Waals surface area contributed by atoms with Crippen LogP contribution >= 0.6 is 23.2 Å². The monoisotopic (exact) mass is 556 g/mol. The standard InChI is InChI=1S/C23H13Cl2F3N2O5S/c1-11-7-12(23(26,27)28)8-16-14(11)9-17(30(16)36(34,35)13-5-3-2-4-6-13)20(31)18-19(24)15(22(32)33)10-29-21(18)25/h2-10H,1H3,(H,32,33). The molecule has 4 rings (SSSR count). The maximum Gasteiger partial charge on any atom is 0.416 e. The number of pyridine rings is 1. The van der Waals surface area contributed by atoms with Gasteiger partial charge in [-0.05, 0) is 42.8 Å². The van der Waals surface area contributed by atoms with Crippen molar-refractivity contribution in [3.63, 3.8) is 0 Å². The van der Waals surface area contributed by atoms with Gasteiger partial charge in [0.25, 0.3) is 10.0 Å². The van der Waals surface area contributed by atoms with Crippen molar-refractivity contribution in [2.75, 3.05) is 0 Å². The van der Waals surface area contributed by atoms with Crippen LogP contribution in [-0.4, -0.2) is 34.2 Å². The summed E-state index contributed by atoms with van der Waals surface area (Å²) >= 11 is 12.2. The average Bonchev–Trinajstić information content (AvgIpc) is 3.20. The Balaban J connectivity index is 2.13. The number of aromatic carboxylic acids is 1. The molecule has 0 spiro atoms. The van der Waals surface area contributed by atoms with Gasteiger partial charge in [-0.25, -0.2) is 22.2 Å². The lowest BCUT2D eigenvalue weighted by molar-refractivity contribution is -0.137. The predicted octanol–water partition coefficient (Wildman–Crippen LogP) is 5.84. The molecule has 0 unspecified atom stereocenters. The summed E-state index contributed by atoms with van der Waals surface area (Å²) < 4.78 is 68.5. The molecule has 0 aliphatic rings. The zero-order valence-corrected chi connectivity index (χ0v) is 20.3. The molecular weight excluding hydrogens is 544 g/mol. The highest BCUT2D eigenvalue weighted by Gasteiger charge is 2.35. The number of carboxylic acid groups (broad SMARTS) is 1. The highest BCUT2D eigenvalue weighted by Crippen LogP contribution is 2.37. The van der Waals surface area contributed by atoms with Crippen LogP contribution in [0, 0.1) is 6.92 Å². The quantitative estimate of drug-likeness (QED) is 0.244. The van der Waals surface area contributed by atoms with E-state index in [1.807, 2.05) is 0 Å². The number of benzene rings is 2. The van der Waals surface area contributed by atoms with Crippen molar-refractivity contribution in [1.82, 2.24) is 8.96 Å². The zero-order chi connectivity index (χ0) is 26.6. The second-order valence-corrected chi connectivity index (χ2v) is 10.1. The van der Waals surface area contributed by atoms with Crippen LogP contribution in [0.1, 0.15) is 37.5 Å². The van der Waals surface area contributed by atoms with Crippen LogP contribution in [0.4, 0.5) is 13.2 Å². The summed E-state index contributed by atoms with van der Waals surface area (Å²) in [5, 5.41) is 8.26. The Bertz CT molecular complexity index is 1670. The van der Waals surface area contributed by atoms with E-state index in [4.69, 9.17) is 23.2 Å². The smallest absolute Gasteiger partial charge is 0.416 e. The van der Waals surface area contributed by atoms with Crippen molar-refractivity contribution in [1.29, 1.82) is 0 Å². The third kappa shape index (κ3) is 4.23. The number of carboxylic acids is 1. The molecule has 0 aliphatic heterocycles. The summed E-state index contributed by atoms with van der Waals surface area (Å²) in [7, 11) is -4.63. The van der Waals surface area contributed by atoms with E-state index in [1.165, 1.54) is 37.3 Å². The molecule has 13 heteroatoms. The molecule has 2 heterocycles. The number of hydrogen-bond acceptors (Lipinski definition) is 5. The molecule has 0 amide bonds. The second kappa shape index (κ2) is 8.91. The lowest BCUT2D eigenvalue weighted by atomic mass is 10.1. The number of fused-ring (bicyclic) bond motifs is 1. The molecule has 36 heavy (non-hydrogen) atoms. The molecule has 4 aromatic rings. The number of carbonyl (C=O) groups is 2. The molecule has 0 saturated carbocycles.